The van der Waals surface area contributed by atoms with Crippen molar-refractivity contribution >= 4 is 5.91 Å². The maximum absolute atomic E-state index is 11.7. The Labute approximate surface area is 113 Å². The van der Waals surface area contributed by atoms with Crippen LogP contribution >= 0.6 is 0 Å². The molecular weight excluding hydrogens is 242 g/mol. The zero-order valence-corrected chi connectivity index (χ0v) is 11.3. The van der Waals surface area contributed by atoms with Crippen molar-refractivity contribution in [2.45, 2.75) is 13.0 Å². The van der Waals surface area contributed by atoms with Crippen molar-refractivity contribution < 1.29 is 9.53 Å². The smallest absolute Gasteiger partial charge is 0.260 e. The van der Waals surface area contributed by atoms with Gasteiger partial charge in [-0.2, -0.15) is 5.26 Å². The molecule has 1 N–H and O–H groups in total. The molecule has 0 aromatic heterocycles. The highest BCUT2D eigenvalue weighted by atomic mass is 16.5. The Balaban J connectivity index is 2.39. The van der Waals surface area contributed by atoms with Crippen LogP contribution in [0.2, 0.25) is 0 Å². The van der Waals surface area contributed by atoms with Gasteiger partial charge in [-0.3, -0.25) is 4.79 Å². The summed E-state index contributed by atoms with van der Waals surface area (Å²) in [7, 11) is 3.55. The maximum atomic E-state index is 11.7. The Hall–Kier alpha value is -2.06. The van der Waals surface area contributed by atoms with Crippen LogP contribution in [-0.2, 0) is 11.3 Å². The number of likely N-dealkylation sites (N-methyl/N-ethyl adjacent to an activating group) is 1. The van der Waals surface area contributed by atoms with Gasteiger partial charge >= 0.3 is 0 Å². The Bertz CT molecular complexity index is 437. The lowest BCUT2D eigenvalue weighted by Gasteiger charge is -2.15. The predicted octanol–water partition coefficient (Wildman–Crippen LogP) is 1.16. The van der Waals surface area contributed by atoms with Crippen LogP contribution in [0.5, 0.6) is 5.75 Å². The second-order valence-corrected chi connectivity index (χ2v) is 4.19. The number of nitrogens with zero attached hydrogens (tertiary/aromatic N) is 2. The fraction of sp³-hybridized carbons (Fsp3) is 0.429. The van der Waals surface area contributed by atoms with Crippen molar-refractivity contribution in [3.8, 4) is 11.8 Å². The monoisotopic (exact) mass is 261 g/mol. The topological polar surface area (TPSA) is 65.4 Å². The molecule has 1 aromatic carbocycles. The van der Waals surface area contributed by atoms with Crippen molar-refractivity contribution in [2.75, 3.05) is 27.2 Å². The highest BCUT2D eigenvalue weighted by molar-refractivity contribution is 5.77. The van der Waals surface area contributed by atoms with Gasteiger partial charge in [0.15, 0.2) is 6.61 Å². The average Bonchev–Trinajstić information content (AvgIpc) is 2.44. The third-order valence-corrected chi connectivity index (χ3v) is 2.65. The lowest BCUT2D eigenvalue weighted by Crippen LogP contribution is -2.32. The quantitative estimate of drug-likeness (QED) is 0.800. The molecule has 0 bridgehead atoms. The zero-order valence-electron chi connectivity index (χ0n) is 11.3. The van der Waals surface area contributed by atoms with E-state index in [0.29, 0.717) is 18.7 Å². The molecule has 0 saturated carbocycles. The first-order valence-electron chi connectivity index (χ1n) is 6.14. The van der Waals surface area contributed by atoms with Crippen LogP contribution in [-0.4, -0.2) is 38.1 Å². The van der Waals surface area contributed by atoms with Gasteiger partial charge in [0.05, 0.1) is 12.5 Å². The summed E-state index contributed by atoms with van der Waals surface area (Å²) in [6.07, 6.45) is 0.334. The summed E-state index contributed by atoms with van der Waals surface area (Å²) in [6.45, 7) is 1.23. The standard InChI is InChI=1S/C14H19N3O2/c1-16-10-12-4-6-13(7-5-12)19-11-14(18)17(2)9-3-8-15/h4-7,16H,3,9-11H2,1-2H3. The minimum Gasteiger partial charge on any atom is -0.484 e. The first kappa shape index (κ1) is 15.0. The lowest BCUT2D eigenvalue weighted by molar-refractivity contribution is -0.131. The van der Waals surface area contributed by atoms with Crippen molar-refractivity contribution in [3.63, 3.8) is 0 Å². The molecule has 0 aliphatic heterocycles. The molecule has 1 amide bonds. The molecule has 0 aliphatic carbocycles. The Morgan fingerprint density at radius 1 is 1.42 bits per heavy atom. The second kappa shape index (κ2) is 8.11. The number of nitrogens with one attached hydrogen (secondary N) is 1. The van der Waals surface area contributed by atoms with Crippen LogP contribution in [0.4, 0.5) is 0 Å². The summed E-state index contributed by atoms with van der Waals surface area (Å²) in [6, 6.07) is 9.60. The molecule has 0 unspecified atom stereocenters. The molecule has 0 aliphatic rings. The SMILES string of the molecule is CNCc1ccc(OCC(=O)N(C)CCC#N)cc1. The molecule has 1 rings (SSSR count). The van der Waals surface area contributed by atoms with Gasteiger partial charge < -0.3 is 15.0 Å². The van der Waals surface area contributed by atoms with Gasteiger partial charge in [-0.15, -0.1) is 0 Å². The molecule has 0 heterocycles. The Morgan fingerprint density at radius 3 is 2.68 bits per heavy atom. The largest absolute Gasteiger partial charge is 0.484 e. The molecule has 102 valence electrons. The molecule has 0 radical (unpaired) electrons. The summed E-state index contributed by atoms with van der Waals surface area (Å²) >= 11 is 0. The number of benzene rings is 1. The number of carbonyl (C=O) groups excluding carboxylic acids is 1. The number of ether oxygens (including phenoxy) is 1. The molecule has 19 heavy (non-hydrogen) atoms. The van der Waals surface area contributed by atoms with Gasteiger partial charge in [0.1, 0.15) is 5.75 Å². The van der Waals surface area contributed by atoms with Crippen LogP contribution in [0.15, 0.2) is 24.3 Å². The van der Waals surface area contributed by atoms with E-state index in [1.165, 1.54) is 4.90 Å². The van der Waals surface area contributed by atoms with Crippen LogP contribution in [0.25, 0.3) is 0 Å². The number of hydrogen-bond donors (Lipinski definition) is 1. The van der Waals surface area contributed by atoms with Gasteiger partial charge in [-0.05, 0) is 24.7 Å². The highest BCUT2D eigenvalue weighted by Gasteiger charge is 2.08. The first-order chi connectivity index (χ1) is 9.17. The molecule has 5 heteroatoms. The maximum Gasteiger partial charge on any atom is 0.260 e. The third kappa shape index (κ3) is 5.40. The normalized spacial score (nSPS) is 9.74. The van der Waals surface area contributed by atoms with Gasteiger partial charge in [0.2, 0.25) is 0 Å². The van der Waals surface area contributed by atoms with Crippen molar-refractivity contribution in [1.29, 1.82) is 5.26 Å². The van der Waals surface area contributed by atoms with Gasteiger partial charge in [-0.1, -0.05) is 12.1 Å². The highest BCUT2D eigenvalue weighted by Crippen LogP contribution is 2.12. The molecule has 0 fully saturated rings. The van der Waals surface area contributed by atoms with Gasteiger partial charge in [-0.25, -0.2) is 0 Å². The van der Waals surface area contributed by atoms with Gasteiger partial charge in [0, 0.05) is 20.1 Å². The van der Waals surface area contributed by atoms with Gasteiger partial charge in [0.25, 0.3) is 5.91 Å². The van der Waals surface area contributed by atoms with Crippen LogP contribution in [0.3, 0.4) is 0 Å². The number of amides is 1. The molecule has 0 saturated heterocycles. The summed E-state index contributed by atoms with van der Waals surface area (Å²) in [5.41, 5.74) is 1.16. The second-order valence-electron chi connectivity index (χ2n) is 4.19. The Kier molecular flexibility index (Phi) is 6.41. The lowest BCUT2D eigenvalue weighted by atomic mass is 10.2. The molecule has 1 aromatic rings. The molecule has 0 spiro atoms. The summed E-state index contributed by atoms with van der Waals surface area (Å²) in [5.74, 6) is 0.538. The van der Waals surface area contributed by atoms with E-state index in [1.54, 1.807) is 7.05 Å². The van der Waals surface area contributed by atoms with Crippen molar-refractivity contribution in [2.24, 2.45) is 0 Å². The fourth-order valence-electron chi connectivity index (χ4n) is 1.51. The van der Waals surface area contributed by atoms with E-state index in [1.807, 2.05) is 37.4 Å². The summed E-state index contributed by atoms with van der Waals surface area (Å²) in [5, 5.41) is 11.5. The van der Waals surface area contributed by atoms with E-state index in [4.69, 9.17) is 10.00 Å². The van der Waals surface area contributed by atoms with E-state index in [0.717, 1.165) is 12.1 Å². The third-order valence-electron chi connectivity index (χ3n) is 2.65. The van der Waals surface area contributed by atoms with Crippen LogP contribution in [0.1, 0.15) is 12.0 Å². The zero-order chi connectivity index (χ0) is 14.1. The van der Waals surface area contributed by atoms with Crippen LogP contribution in [0, 0.1) is 11.3 Å². The Morgan fingerprint density at radius 2 is 2.11 bits per heavy atom. The summed E-state index contributed by atoms with van der Waals surface area (Å²) < 4.78 is 5.41. The molecular formula is C14H19N3O2. The minimum absolute atomic E-state index is 0.00664. The molecule has 5 nitrogen and oxygen atoms in total. The van der Waals surface area contributed by atoms with Crippen molar-refractivity contribution in [3.05, 3.63) is 29.8 Å². The van der Waals surface area contributed by atoms with E-state index >= 15 is 0 Å². The van der Waals surface area contributed by atoms with E-state index in [9.17, 15) is 4.79 Å². The van der Waals surface area contributed by atoms with E-state index < -0.39 is 0 Å². The number of carbonyl (C=O) groups is 1. The van der Waals surface area contributed by atoms with E-state index in [-0.39, 0.29) is 12.5 Å². The van der Waals surface area contributed by atoms with Crippen LogP contribution < -0.4 is 10.1 Å². The number of hydrogen-bond acceptors (Lipinski definition) is 4. The van der Waals surface area contributed by atoms with Crippen molar-refractivity contribution in [1.82, 2.24) is 10.2 Å². The van der Waals surface area contributed by atoms with E-state index in [2.05, 4.69) is 5.32 Å². The molecule has 0 atom stereocenters. The average molecular weight is 261 g/mol. The number of rotatable bonds is 7. The minimum atomic E-state index is -0.130. The first-order valence-corrected chi connectivity index (χ1v) is 6.14. The number of nitriles is 1. The summed E-state index contributed by atoms with van der Waals surface area (Å²) in [4.78, 5) is 13.2. The fourth-order valence-corrected chi connectivity index (χ4v) is 1.51. The predicted molar refractivity (Wildman–Crippen MR) is 72.6 cm³/mol.